The molecule has 1 saturated heterocycles. The first-order valence-electron chi connectivity index (χ1n) is 9.82. The summed E-state index contributed by atoms with van der Waals surface area (Å²) in [6, 6.07) is 12.9. The molecule has 28 heavy (non-hydrogen) atoms. The summed E-state index contributed by atoms with van der Waals surface area (Å²) in [6.07, 6.45) is 3.86. The minimum atomic E-state index is -3.40. The van der Waals surface area contributed by atoms with Crippen LogP contribution in [-0.2, 0) is 21.2 Å². The second kappa shape index (κ2) is 8.88. The molecule has 0 bridgehead atoms. The average Bonchev–Trinajstić information content (AvgIpc) is 2.66. The lowest BCUT2D eigenvalue weighted by Crippen LogP contribution is -2.35. The van der Waals surface area contributed by atoms with Crippen molar-refractivity contribution in [1.82, 2.24) is 4.31 Å². The minimum absolute atomic E-state index is 0.0463. The van der Waals surface area contributed by atoms with Gasteiger partial charge in [0.25, 0.3) is 0 Å². The van der Waals surface area contributed by atoms with Crippen LogP contribution in [-0.4, -0.2) is 31.7 Å². The third-order valence-electron chi connectivity index (χ3n) is 5.02. The molecule has 6 heteroatoms. The van der Waals surface area contributed by atoms with Gasteiger partial charge in [-0.25, -0.2) is 8.42 Å². The number of benzene rings is 2. The summed E-state index contributed by atoms with van der Waals surface area (Å²) < 4.78 is 26.9. The van der Waals surface area contributed by atoms with Crippen LogP contribution in [0.5, 0.6) is 0 Å². The highest BCUT2D eigenvalue weighted by molar-refractivity contribution is 7.89. The largest absolute Gasteiger partial charge is 0.326 e. The molecule has 3 rings (SSSR count). The van der Waals surface area contributed by atoms with E-state index in [1.54, 1.807) is 28.6 Å². The summed E-state index contributed by atoms with van der Waals surface area (Å²) in [4.78, 5) is 12.6. The van der Waals surface area contributed by atoms with Crippen molar-refractivity contribution < 1.29 is 13.2 Å². The van der Waals surface area contributed by atoms with Crippen molar-refractivity contribution in [1.29, 1.82) is 0 Å². The number of hydrogen-bond acceptors (Lipinski definition) is 3. The Morgan fingerprint density at radius 1 is 0.964 bits per heavy atom. The van der Waals surface area contributed by atoms with Crippen LogP contribution in [0.15, 0.2) is 47.4 Å². The Labute approximate surface area is 167 Å². The normalized spacial score (nSPS) is 15.4. The summed E-state index contributed by atoms with van der Waals surface area (Å²) in [6.45, 7) is 5.20. The van der Waals surface area contributed by atoms with E-state index < -0.39 is 10.0 Å². The fraction of sp³-hybridized carbons (Fsp3) is 0.409. The number of carbonyl (C=O) groups is 1. The average molecular weight is 401 g/mol. The lowest BCUT2D eigenvalue weighted by atomic mass is 10.1. The van der Waals surface area contributed by atoms with E-state index >= 15 is 0 Å². The monoisotopic (exact) mass is 400 g/mol. The Balaban J connectivity index is 1.57. The van der Waals surface area contributed by atoms with E-state index in [2.05, 4.69) is 11.4 Å². The molecule has 0 unspecified atom stereocenters. The lowest BCUT2D eigenvalue weighted by molar-refractivity contribution is -0.116. The number of nitrogens with zero attached hydrogens (tertiary/aromatic N) is 1. The molecule has 2 aromatic rings. The fourth-order valence-electron chi connectivity index (χ4n) is 3.61. The Morgan fingerprint density at radius 3 is 2.18 bits per heavy atom. The van der Waals surface area contributed by atoms with Crippen molar-refractivity contribution in [2.45, 2.75) is 50.8 Å². The topological polar surface area (TPSA) is 66.5 Å². The van der Waals surface area contributed by atoms with Crippen LogP contribution in [0.1, 0.15) is 42.4 Å². The molecule has 0 aliphatic carbocycles. The number of aryl methyl sites for hydroxylation is 3. The highest BCUT2D eigenvalue weighted by atomic mass is 32.2. The van der Waals surface area contributed by atoms with Crippen molar-refractivity contribution >= 4 is 21.6 Å². The number of sulfonamides is 1. The first-order chi connectivity index (χ1) is 13.3. The third-order valence-corrected chi connectivity index (χ3v) is 6.94. The molecule has 1 aliphatic heterocycles. The van der Waals surface area contributed by atoms with Gasteiger partial charge in [-0.1, -0.05) is 24.6 Å². The van der Waals surface area contributed by atoms with Gasteiger partial charge in [-0.3, -0.25) is 4.79 Å². The molecular weight excluding hydrogens is 372 g/mol. The van der Waals surface area contributed by atoms with Crippen LogP contribution in [0.3, 0.4) is 0 Å². The van der Waals surface area contributed by atoms with E-state index in [1.165, 1.54) is 0 Å². The van der Waals surface area contributed by atoms with Crippen LogP contribution >= 0.6 is 0 Å². The summed E-state index contributed by atoms with van der Waals surface area (Å²) in [7, 11) is -3.40. The van der Waals surface area contributed by atoms with E-state index in [0.29, 0.717) is 30.8 Å². The van der Waals surface area contributed by atoms with Crippen LogP contribution in [0, 0.1) is 13.8 Å². The zero-order valence-electron chi connectivity index (χ0n) is 16.6. The molecule has 1 aliphatic rings. The number of anilines is 1. The maximum atomic E-state index is 12.7. The Hall–Kier alpha value is -2.18. The summed E-state index contributed by atoms with van der Waals surface area (Å²) in [5, 5.41) is 2.93. The molecule has 0 radical (unpaired) electrons. The standard InChI is InChI=1S/C22H28N2O3S/c1-17-14-18(2)16-20(15-17)23-22(25)11-8-19-6-9-21(10-7-19)28(26,27)24-12-4-3-5-13-24/h6-7,9-10,14-16H,3-5,8,11-13H2,1-2H3,(H,23,25). The van der Waals surface area contributed by atoms with Crippen molar-refractivity contribution in [3.63, 3.8) is 0 Å². The Morgan fingerprint density at radius 2 is 1.57 bits per heavy atom. The van der Waals surface area contributed by atoms with Crippen molar-refractivity contribution in [2.75, 3.05) is 18.4 Å². The number of hydrogen-bond donors (Lipinski definition) is 1. The number of carbonyl (C=O) groups excluding carboxylic acids is 1. The number of piperidine rings is 1. The van der Waals surface area contributed by atoms with Gasteiger partial charge in [0, 0.05) is 25.2 Å². The molecular formula is C22H28N2O3S. The number of rotatable bonds is 6. The van der Waals surface area contributed by atoms with Gasteiger partial charge >= 0.3 is 0 Å². The maximum Gasteiger partial charge on any atom is 0.243 e. The van der Waals surface area contributed by atoms with E-state index in [4.69, 9.17) is 0 Å². The molecule has 2 aromatic carbocycles. The zero-order chi connectivity index (χ0) is 20.1. The van der Waals surface area contributed by atoms with Gasteiger partial charge in [-0.2, -0.15) is 4.31 Å². The van der Waals surface area contributed by atoms with E-state index in [-0.39, 0.29) is 5.91 Å². The summed E-state index contributed by atoms with van der Waals surface area (Å²) >= 11 is 0. The third kappa shape index (κ3) is 5.20. The molecule has 1 heterocycles. The van der Waals surface area contributed by atoms with Gasteiger partial charge in [-0.05, 0) is 74.1 Å². The first-order valence-corrected chi connectivity index (χ1v) is 11.3. The van der Waals surface area contributed by atoms with Crippen LogP contribution < -0.4 is 5.32 Å². The van der Waals surface area contributed by atoms with Gasteiger partial charge in [0.1, 0.15) is 0 Å². The lowest BCUT2D eigenvalue weighted by Gasteiger charge is -2.25. The molecule has 0 atom stereocenters. The quantitative estimate of drug-likeness (QED) is 0.795. The predicted molar refractivity (Wildman–Crippen MR) is 112 cm³/mol. The van der Waals surface area contributed by atoms with Gasteiger partial charge in [-0.15, -0.1) is 0 Å². The summed E-state index contributed by atoms with van der Waals surface area (Å²) in [5.41, 5.74) is 3.99. The maximum absolute atomic E-state index is 12.7. The van der Waals surface area contributed by atoms with Gasteiger partial charge in [0.2, 0.25) is 15.9 Å². The molecule has 1 N–H and O–H groups in total. The second-order valence-corrected chi connectivity index (χ2v) is 9.47. The highest BCUT2D eigenvalue weighted by Gasteiger charge is 2.25. The van der Waals surface area contributed by atoms with Crippen LogP contribution in [0.4, 0.5) is 5.69 Å². The molecule has 5 nitrogen and oxygen atoms in total. The predicted octanol–water partition coefficient (Wildman–Crippen LogP) is 4.05. The molecule has 0 aromatic heterocycles. The SMILES string of the molecule is Cc1cc(C)cc(NC(=O)CCc2ccc(S(=O)(=O)N3CCCCC3)cc2)c1. The second-order valence-electron chi connectivity index (χ2n) is 7.53. The molecule has 0 spiro atoms. The van der Waals surface area contributed by atoms with E-state index in [0.717, 1.165) is 41.6 Å². The van der Waals surface area contributed by atoms with Gasteiger partial charge in [0.05, 0.1) is 4.90 Å². The zero-order valence-corrected chi connectivity index (χ0v) is 17.4. The smallest absolute Gasteiger partial charge is 0.243 e. The van der Waals surface area contributed by atoms with Crippen molar-refractivity contribution in [3.05, 3.63) is 59.2 Å². The number of amides is 1. The van der Waals surface area contributed by atoms with Crippen molar-refractivity contribution in [2.24, 2.45) is 0 Å². The highest BCUT2D eigenvalue weighted by Crippen LogP contribution is 2.21. The van der Waals surface area contributed by atoms with Crippen molar-refractivity contribution in [3.8, 4) is 0 Å². The van der Waals surface area contributed by atoms with Gasteiger partial charge < -0.3 is 5.32 Å². The Bertz CT molecular complexity index is 911. The van der Waals surface area contributed by atoms with E-state index in [1.807, 2.05) is 26.0 Å². The molecule has 150 valence electrons. The Kier molecular flexibility index (Phi) is 6.52. The number of nitrogens with one attached hydrogen (secondary N) is 1. The van der Waals surface area contributed by atoms with Crippen LogP contribution in [0.2, 0.25) is 0 Å². The first kappa shape index (κ1) is 20.6. The molecule has 0 saturated carbocycles. The van der Waals surface area contributed by atoms with E-state index in [9.17, 15) is 13.2 Å². The molecule has 1 fully saturated rings. The summed E-state index contributed by atoms with van der Waals surface area (Å²) in [5.74, 6) is -0.0463. The minimum Gasteiger partial charge on any atom is -0.326 e. The van der Waals surface area contributed by atoms with Gasteiger partial charge in [0.15, 0.2) is 0 Å². The fourth-order valence-corrected chi connectivity index (χ4v) is 5.13. The van der Waals surface area contributed by atoms with Crippen LogP contribution in [0.25, 0.3) is 0 Å². The molecule has 1 amide bonds.